The summed E-state index contributed by atoms with van der Waals surface area (Å²) < 4.78 is 13.0. The number of hydrogen-bond donors (Lipinski definition) is 2. The van der Waals surface area contributed by atoms with Gasteiger partial charge in [-0.05, 0) is 26.0 Å². The lowest BCUT2D eigenvalue weighted by atomic mass is 10.2. The molecule has 0 aromatic carbocycles. The molecular formula is C12H12FN5O. The topological polar surface area (TPSA) is 93.8 Å². The second kappa shape index (κ2) is 4.97. The molecule has 1 amide bonds. The van der Waals surface area contributed by atoms with Crippen LogP contribution in [0.1, 0.15) is 21.7 Å². The summed E-state index contributed by atoms with van der Waals surface area (Å²) in [6.45, 7) is 3.56. The smallest absolute Gasteiger partial charge is 0.261 e. The van der Waals surface area contributed by atoms with Gasteiger partial charge in [0.1, 0.15) is 11.6 Å². The monoisotopic (exact) mass is 261 g/mol. The first kappa shape index (κ1) is 12.9. The normalized spacial score (nSPS) is 10.3. The molecule has 2 rings (SSSR count). The maximum atomic E-state index is 13.0. The first-order chi connectivity index (χ1) is 8.95. The molecule has 0 aliphatic rings. The van der Waals surface area contributed by atoms with Crippen molar-refractivity contribution in [2.45, 2.75) is 13.8 Å². The fraction of sp³-hybridized carbons (Fsp3) is 0.167. The van der Waals surface area contributed by atoms with Crippen LogP contribution in [0.15, 0.2) is 18.3 Å². The number of carbonyl (C=O) groups excluding carboxylic acids is 1. The summed E-state index contributed by atoms with van der Waals surface area (Å²) in [5.74, 6) is -1.15. The van der Waals surface area contributed by atoms with E-state index >= 15 is 0 Å². The van der Waals surface area contributed by atoms with Gasteiger partial charge in [0.05, 0.1) is 11.8 Å². The Morgan fingerprint density at radius 2 is 1.89 bits per heavy atom. The van der Waals surface area contributed by atoms with E-state index in [2.05, 4.69) is 20.3 Å². The maximum Gasteiger partial charge on any atom is 0.261 e. The number of pyridine rings is 1. The number of nitrogens with zero attached hydrogens (tertiary/aromatic N) is 3. The van der Waals surface area contributed by atoms with E-state index in [1.807, 2.05) is 0 Å². The van der Waals surface area contributed by atoms with Crippen molar-refractivity contribution in [2.75, 3.05) is 11.1 Å². The van der Waals surface area contributed by atoms with Gasteiger partial charge in [-0.15, -0.1) is 0 Å². The van der Waals surface area contributed by atoms with E-state index in [1.54, 1.807) is 19.9 Å². The van der Waals surface area contributed by atoms with E-state index in [0.717, 1.165) is 12.3 Å². The first-order valence-electron chi connectivity index (χ1n) is 5.50. The molecule has 0 radical (unpaired) electrons. The summed E-state index contributed by atoms with van der Waals surface area (Å²) in [5.41, 5.74) is 6.90. The molecule has 2 aromatic rings. The average molecular weight is 261 g/mol. The number of aryl methyl sites for hydroxylation is 2. The summed E-state index contributed by atoms with van der Waals surface area (Å²) in [6.07, 6.45) is 0.944. The summed E-state index contributed by atoms with van der Waals surface area (Å²) >= 11 is 0. The number of carbonyl (C=O) groups is 1. The molecule has 0 saturated heterocycles. The van der Waals surface area contributed by atoms with Crippen LogP contribution < -0.4 is 11.1 Å². The molecule has 2 heterocycles. The fourth-order valence-corrected chi connectivity index (χ4v) is 1.58. The molecule has 0 spiro atoms. The second-order valence-electron chi connectivity index (χ2n) is 4.01. The van der Waals surface area contributed by atoms with Gasteiger partial charge >= 0.3 is 0 Å². The summed E-state index contributed by atoms with van der Waals surface area (Å²) in [6, 6.07) is 2.79. The number of aromatic nitrogens is 3. The molecule has 98 valence electrons. The van der Waals surface area contributed by atoms with Crippen LogP contribution in [0.4, 0.5) is 16.2 Å². The minimum Gasteiger partial charge on any atom is -0.383 e. The highest BCUT2D eigenvalue weighted by Crippen LogP contribution is 2.12. The van der Waals surface area contributed by atoms with Gasteiger partial charge in [-0.3, -0.25) is 10.1 Å². The lowest BCUT2D eigenvalue weighted by Crippen LogP contribution is -2.17. The van der Waals surface area contributed by atoms with Crippen LogP contribution in [-0.2, 0) is 0 Å². The Labute approximate surface area is 108 Å². The Morgan fingerprint density at radius 1 is 1.26 bits per heavy atom. The van der Waals surface area contributed by atoms with Crippen molar-refractivity contribution in [3.05, 3.63) is 41.1 Å². The van der Waals surface area contributed by atoms with E-state index < -0.39 is 11.7 Å². The Bertz CT molecular complexity index is 624. The molecule has 3 N–H and O–H groups in total. The molecule has 0 aliphatic carbocycles. The van der Waals surface area contributed by atoms with Crippen LogP contribution in [0.25, 0.3) is 0 Å². The molecule has 0 bridgehead atoms. The molecular weight excluding hydrogens is 249 g/mol. The van der Waals surface area contributed by atoms with Crippen molar-refractivity contribution in [2.24, 2.45) is 0 Å². The van der Waals surface area contributed by atoms with Crippen LogP contribution in [-0.4, -0.2) is 20.9 Å². The van der Waals surface area contributed by atoms with E-state index in [1.165, 1.54) is 0 Å². The summed E-state index contributed by atoms with van der Waals surface area (Å²) in [4.78, 5) is 23.6. The number of nitrogen functional groups attached to an aromatic ring is 1. The zero-order valence-electron chi connectivity index (χ0n) is 10.4. The largest absolute Gasteiger partial charge is 0.383 e. The van der Waals surface area contributed by atoms with Gasteiger partial charge in [0.15, 0.2) is 0 Å². The van der Waals surface area contributed by atoms with Gasteiger partial charge in [0, 0.05) is 11.4 Å². The molecule has 0 unspecified atom stereocenters. The average Bonchev–Trinajstić information content (AvgIpc) is 2.30. The van der Waals surface area contributed by atoms with Crippen LogP contribution in [0, 0.1) is 19.7 Å². The molecule has 19 heavy (non-hydrogen) atoms. The van der Waals surface area contributed by atoms with Crippen molar-refractivity contribution in [3.63, 3.8) is 0 Å². The maximum absolute atomic E-state index is 13.0. The highest BCUT2D eigenvalue weighted by molar-refractivity contribution is 6.06. The van der Waals surface area contributed by atoms with E-state index in [-0.39, 0.29) is 17.3 Å². The fourth-order valence-electron chi connectivity index (χ4n) is 1.58. The highest BCUT2D eigenvalue weighted by Gasteiger charge is 2.13. The van der Waals surface area contributed by atoms with Crippen molar-refractivity contribution in [1.82, 2.24) is 15.0 Å². The zero-order valence-corrected chi connectivity index (χ0v) is 10.4. The molecule has 0 saturated carbocycles. The van der Waals surface area contributed by atoms with E-state index in [4.69, 9.17) is 5.73 Å². The standard InChI is InChI=1S/C12H12FN5O/c1-6-3-7(2)17-12(16-6)18-11(19)9-4-8(13)5-15-10(9)14/h3-5H,1-2H3,(H2,14,15)(H,16,17,18,19). The third-order valence-corrected chi connectivity index (χ3v) is 2.34. The number of nitrogens with one attached hydrogen (secondary N) is 1. The number of hydrogen-bond acceptors (Lipinski definition) is 5. The summed E-state index contributed by atoms with van der Waals surface area (Å²) in [5, 5.41) is 2.46. The Kier molecular flexibility index (Phi) is 3.37. The van der Waals surface area contributed by atoms with Crippen LogP contribution in [0.2, 0.25) is 0 Å². The molecule has 0 aliphatic heterocycles. The van der Waals surface area contributed by atoms with E-state index in [9.17, 15) is 9.18 Å². The van der Waals surface area contributed by atoms with Gasteiger partial charge in [0.2, 0.25) is 5.95 Å². The predicted molar refractivity (Wildman–Crippen MR) is 68.1 cm³/mol. The first-order valence-corrected chi connectivity index (χ1v) is 5.50. The third kappa shape index (κ3) is 3.01. The quantitative estimate of drug-likeness (QED) is 0.853. The lowest BCUT2D eigenvalue weighted by molar-refractivity contribution is 0.102. The number of amides is 1. The van der Waals surface area contributed by atoms with Crippen molar-refractivity contribution in [1.29, 1.82) is 0 Å². The SMILES string of the molecule is Cc1cc(C)nc(NC(=O)c2cc(F)cnc2N)n1. The van der Waals surface area contributed by atoms with Gasteiger partial charge < -0.3 is 5.73 Å². The second-order valence-corrected chi connectivity index (χ2v) is 4.01. The lowest BCUT2D eigenvalue weighted by Gasteiger charge is -2.07. The van der Waals surface area contributed by atoms with Crippen LogP contribution >= 0.6 is 0 Å². The minimum atomic E-state index is -0.638. The number of anilines is 2. The van der Waals surface area contributed by atoms with Crippen molar-refractivity contribution in [3.8, 4) is 0 Å². The van der Waals surface area contributed by atoms with E-state index in [0.29, 0.717) is 11.4 Å². The van der Waals surface area contributed by atoms with Gasteiger partial charge in [-0.2, -0.15) is 0 Å². The molecule has 6 nitrogen and oxygen atoms in total. The van der Waals surface area contributed by atoms with Crippen LogP contribution in [0.5, 0.6) is 0 Å². The van der Waals surface area contributed by atoms with Gasteiger partial charge in [-0.25, -0.2) is 19.3 Å². The number of rotatable bonds is 2. The van der Waals surface area contributed by atoms with Crippen molar-refractivity contribution < 1.29 is 9.18 Å². The third-order valence-electron chi connectivity index (χ3n) is 2.34. The van der Waals surface area contributed by atoms with Gasteiger partial charge in [0.25, 0.3) is 5.91 Å². The molecule has 0 atom stereocenters. The molecule has 7 heteroatoms. The number of halogens is 1. The molecule has 0 fully saturated rings. The van der Waals surface area contributed by atoms with Crippen molar-refractivity contribution >= 4 is 17.7 Å². The summed E-state index contributed by atoms with van der Waals surface area (Å²) in [7, 11) is 0. The number of nitrogens with two attached hydrogens (primary N) is 1. The zero-order chi connectivity index (χ0) is 14.0. The van der Waals surface area contributed by atoms with Gasteiger partial charge in [-0.1, -0.05) is 0 Å². The predicted octanol–water partition coefficient (Wildman–Crippen LogP) is 1.46. The minimum absolute atomic E-state index is 0.0525. The molecule has 2 aromatic heterocycles. The Morgan fingerprint density at radius 3 is 2.53 bits per heavy atom. The van der Waals surface area contributed by atoms with Crippen LogP contribution in [0.3, 0.4) is 0 Å². The Hall–Kier alpha value is -2.57. The Balaban J connectivity index is 2.28. The highest BCUT2D eigenvalue weighted by atomic mass is 19.1.